The van der Waals surface area contributed by atoms with Crippen LogP contribution in [0.4, 0.5) is 6.01 Å². The van der Waals surface area contributed by atoms with Crippen LogP contribution in [0.25, 0.3) is 0 Å². The number of carbonyl (C=O) groups is 1. The molecule has 1 amide bonds. The van der Waals surface area contributed by atoms with Crippen molar-refractivity contribution in [2.45, 2.75) is 38.6 Å². The highest BCUT2D eigenvalue weighted by atomic mass is 16.4. The number of aliphatic hydroxyl groups excluding tert-OH is 1. The predicted molar refractivity (Wildman–Crippen MR) is 68.6 cm³/mol. The average Bonchev–Trinajstić information content (AvgIpc) is 2.96. The lowest BCUT2D eigenvalue weighted by molar-refractivity contribution is -0.117. The Bertz CT molecular complexity index is 421. The Labute approximate surface area is 112 Å². The predicted octanol–water partition coefficient (Wildman–Crippen LogP) is 0.553. The lowest BCUT2D eigenvalue weighted by atomic mass is 10.1. The van der Waals surface area contributed by atoms with Crippen molar-refractivity contribution in [3.05, 3.63) is 5.89 Å². The number of amides is 1. The van der Waals surface area contributed by atoms with Crippen molar-refractivity contribution >= 4 is 11.9 Å². The van der Waals surface area contributed by atoms with E-state index in [1.54, 1.807) is 6.92 Å². The lowest BCUT2D eigenvalue weighted by Crippen LogP contribution is -2.37. The topological polar surface area (TPSA) is 91.5 Å². The summed E-state index contributed by atoms with van der Waals surface area (Å²) in [6.45, 7) is 3.13. The maximum Gasteiger partial charge on any atom is 0.322 e. The van der Waals surface area contributed by atoms with E-state index in [2.05, 4.69) is 20.4 Å². The second kappa shape index (κ2) is 6.63. The number of aryl methyl sites for hydroxylation is 1. The van der Waals surface area contributed by atoms with Gasteiger partial charge in [-0.2, -0.15) is 0 Å². The second-order valence-corrected chi connectivity index (χ2v) is 4.81. The molecule has 1 atom stereocenters. The number of anilines is 1. The van der Waals surface area contributed by atoms with Gasteiger partial charge in [0.25, 0.3) is 0 Å². The van der Waals surface area contributed by atoms with E-state index in [1.807, 2.05) is 0 Å². The minimum atomic E-state index is -0.139. The average molecular weight is 268 g/mol. The van der Waals surface area contributed by atoms with E-state index in [4.69, 9.17) is 9.52 Å². The molecule has 19 heavy (non-hydrogen) atoms. The Morgan fingerprint density at radius 2 is 2.42 bits per heavy atom. The van der Waals surface area contributed by atoms with Crippen molar-refractivity contribution in [3.63, 3.8) is 0 Å². The van der Waals surface area contributed by atoms with Crippen LogP contribution in [0.5, 0.6) is 0 Å². The third kappa shape index (κ3) is 4.00. The number of hydrogen-bond acceptors (Lipinski definition) is 6. The summed E-state index contributed by atoms with van der Waals surface area (Å²) in [5.74, 6) is 0.289. The molecule has 0 bridgehead atoms. The van der Waals surface area contributed by atoms with Crippen LogP contribution >= 0.6 is 0 Å². The Balaban J connectivity index is 1.80. The number of rotatable bonds is 6. The summed E-state index contributed by atoms with van der Waals surface area (Å²) in [7, 11) is 0. The van der Waals surface area contributed by atoms with Crippen LogP contribution in [-0.4, -0.2) is 51.8 Å². The van der Waals surface area contributed by atoms with Crippen LogP contribution in [0.2, 0.25) is 0 Å². The van der Waals surface area contributed by atoms with Gasteiger partial charge < -0.3 is 9.52 Å². The molecule has 2 N–H and O–H groups in total. The highest BCUT2D eigenvalue weighted by Gasteiger charge is 2.26. The maximum atomic E-state index is 11.9. The van der Waals surface area contributed by atoms with Crippen molar-refractivity contribution in [1.29, 1.82) is 0 Å². The summed E-state index contributed by atoms with van der Waals surface area (Å²) in [6.07, 6.45) is 3.91. The zero-order valence-corrected chi connectivity index (χ0v) is 11.1. The van der Waals surface area contributed by atoms with Gasteiger partial charge in [-0.05, 0) is 32.2 Å². The van der Waals surface area contributed by atoms with Crippen molar-refractivity contribution in [2.24, 2.45) is 0 Å². The minimum absolute atomic E-state index is 0.139. The number of carbonyl (C=O) groups excluding carboxylic acids is 1. The summed E-state index contributed by atoms with van der Waals surface area (Å²) in [6, 6.07) is 0.538. The first-order chi connectivity index (χ1) is 9.19. The second-order valence-electron chi connectivity index (χ2n) is 4.81. The van der Waals surface area contributed by atoms with Gasteiger partial charge in [0.15, 0.2) is 0 Å². The van der Waals surface area contributed by atoms with Crippen molar-refractivity contribution in [2.75, 3.05) is 25.0 Å². The van der Waals surface area contributed by atoms with Crippen molar-refractivity contribution < 1.29 is 14.3 Å². The number of nitrogens with one attached hydrogen (secondary N) is 1. The molecule has 1 unspecified atom stereocenters. The molecule has 7 nitrogen and oxygen atoms in total. The van der Waals surface area contributed by atoms with E-state index in [-0.39, 0.29) is 18.5 Å². The number of aromatic nitrogens is 2. The largest absolute Gasteiger partial charge is 0.408 e. The Kier molecular flexibility index (Phi) is 4.86. The lowest BCUT2D eigenvalue weighted by Gasteiger charge is -2.23. The Morgan fingerprint density at radius 1 is 1.58 bits per heavy atom. The van der Waals surface area contributed by atoms with Crippen molar-refractivity contribution in [1.82, 2.24) is 15.1 Å². The van der Waals surface area contributed by atoms with E-state index in [0.29, 0.717) is 18.5 Å². The maximum absolute atomic E-state index is 11.9. The minimum Gasteiger partial charge on any atom is -0.408 e. The molecular weight excluding hydrogens is 248 g/mol. The fraction of sp³-hybridized carbons (Fsp3) is 0.750. The van der Waals surface area contributed by atoms with Gasteiger partial charge in [-0.15, -0.1) is 5.10 Å². The van der Waals surface area contributed by atoms with E-state index in [1.165, 1.54) is 0 Å². The van der Waals surface area contributed by atoms with Crippen LogP contribution in [0.15, 0.2) is 4.42 Å². The van der Waals surface area contributed by atoms with Gasteiger partial charge in [-0.3, -0.25) is 15.0 Å². The SMILES string of the molecule is Cc1nnc(NC(=O)CN2CCCC2CCCO)o1. The summed E-state index contributed by atoms with van der Waals surface area (Å²) >= 11 is 0. The van der Waals surface area contributed by atoms with Crippen LogP contribution in [-0.2, 0) is 4.79 Å². The van der Waals surface area contributed by atoms with Crippen LogP contribution in [0, 0.1) is 6.92 Å². The van der Waals surface area contributed by atoms with E-state index < -0.39 is 0 Å². The standard InChI is InChI=1S/C12H20N4O3/c1-9-14-15-12(19-9)13-11(18)8-16-6-2-4-10(16)5-3-7-17/h10,17H,2-8H2,1H3,(H,13,15,18). The van der Waals surface area contributed by atoms with Gasteiger partial charge in [-0.25, -0.2) is 0 Å². The number of aliphatic hydroxyl groups is 1. The molecule has 1 aliphatic rings. The molecule has 1 fully saturated rings. The fourth-order valence-electron chi connectivity index (χ4n) is 2.45. The number of nitrogens with zero attached hydrogens (tertiary/aromatic N) is 3. The first kappa shape index (κ1) is 14.0. The molecule has 0 aromatic carbocycles. The number of hydrogen-bond donors (Lipinski definition) is 2. The quantitative estimate of drug-likeness (QED) is 0.783. The van der Waals surface area contributed by atoms with E-state index >= 15 is 0 Å². The molecule has 7 heteroatoms. The van der Waals surface area contributed by atoms with E-state index in [0.717, 1.165) is 32.2 Å². The van der Waals surface area contributed by atoms with Gasteiger partial charge in [0.1, 0.15) is 0 Å². The summed E-state index contributed by atoms with van der Waals surface area (Å²) < 4.78 is 5.10. The zero-order valence-electron chi connectivity index (χ0n) is 11.1. The smallest absolute Gasteiger partial charge is 0.322 e. The van der Waals surface area contributed by atoms with Crippen LogP contribution in [0.1, 0.15) is 31.6 Å². The molecule has 1 saturated heterocycles. The molecule has 1 aliphatic heterocycles. The molecule has 2 rings (SSSR count). The van der Waals surface area contributed by atoms with E-state index in [9.17, 15) is 4.79 Å². The third-order valence-electron chi connectivity index (χ3n) is 3.31. The summed E-state index contributed by atoms with van der Waals surface area (Å²) in [4.78, 5) is 14.0. The third-order valence-corrected chi connectivity index (χ3v) is 3.31. The zero-order chi connectivity index (χ0) is 13.7. The Morgan fingerprint density at radius 3 is 3.11 bits per heavy atom. The van der Waals surface area contributed by atoms with Gasteiger partial charge in [0.2, 0.25) is 11.8 Å². The first-order valence-corrected chi connectivity index (χ1v) is 6.64. The molecular formula is C12H20N4O3. The molecule has 1 aromatic heterocycles. The molecule has 2 heterocycles. The molecule has 1 aromatic rings. The Hall–Kier alpha value is -1.47. The van der Waals surface area contributed by atoms with Gasteiger partial charge in [-0.1, -0.05) is 5.10 Å². The molecule has 0 aliphatic carbocycles. The molecule has 0 saturated carbocycles. The molecule has 0 spiro atoms. The van der Waals surface area contributed by atoms with Crippen LogP contribution in [0.3, 0.4) is 0 Å². The highest BCUT2D eigenvalue weighted by Crippen LogP contribution is 2.20. The van der Waals surface area contributed by atoms with Gasteiger partial charge >= 0.3 is 6.01 Å². The monoisotopic (exact) mass is 268 g/mol. The number of likely N-dealkylation sites (tertiary alicyclic amines) is 1. The molecule has 106 valence electrons. The van der Waals surface area contributed by atoms with Gasteiger partial charge in [0.05, 0.1) is 6.54 Å². The van der Waals surface area contributed by atoms with Gasteiger partial charge in [0, 0.05) is 19.6 Å². The highest BCUT2D eigenvalue weighted by molar-refractivity contribution is 5.90. The van der Waals surface area contributed by atoms with Crippen molar-refractivity contribution in [3.8, 4) is 0 Å². The summed E-state index contributed by atoms with van der Waals surface area (Å²) in [5.41, 5.74) is 0. The normalized spacial score (nSPS) is 19.8. The van der Waals surface area contributed by atoms with Crippen LogP contribution < -0.4 is 5.32 Å². The molecule has 0 radical (unpaired) electrons. The first-order valence-electron chi connectivity index (χ1n) is 6.64. The fourth-order valence-corrected chi connectivity index (χ4v) is 2.45. The summed E-state index contributed by atoms with van der Waals surface area (Å²) in [5, 5.41) is 18.8.